The molecule has 94 valence electrons. The number of anilines is 1. The molecule has 17 heavy (non-hydrogen) atoms. The van der Waals surface area contributed by atoms with Crippen molar-refractivity contribution in [2.45, 2.75) is 32.7 Å². The summed E-state index contributed by atoms with van der Waals surface area (Å²) in [5.41, 5.74) is 0. The maximum absolute atomic E-state index is 13.6. The monoisotopic (exact) mass is 244 g/mol. The van der Waals surface area contributed by atoms with E-state index >= 15 is 0 Å². The molecule has 2 atom stereocenters. The molecule has 0 spiro atoms. The van der Waals surface area contributed by atoms with E-state index in [2.05, 4.69) is 11.9 Å². The summed E-state index contributed by atoms with van der Waals surface area (Å²) in [5.74, 6) is -2.97. The minimum absolute atomic E-state index is 0.0806. The highest BCUT2D eigenvalue weighted by Crippen LogP contribution is 2.28. The summed E-state index contributed by atoms with van der Waals surface area (Å²) >= 11 is 0. The molecule has 2 heterocycles. The first-order valence-electron chi connectivity index (χ1n) is 5.77. The predicted molar refractivity (Wildman–Crippen MR) is 59.3 cm³/mol. The van der Waals surface area contributed by atoms with Crippen LogP contribution in [-0.2, 0) is 0 Å². The lowest BCUT2D eigenvalue weighted by Crippen LogP contribution is -2.42. The van der Waals surface area contributed by atoms with Crippen LogP contribution in [0.3, 0.4) is 0 Å². The summed E-state index contributed by atoms with van der Waals surface area (Å²) in [5, 5.41) is 0. The third-order valence-electron chi connectivity index (χ3n) is 3.26. The van der Waals surface area contributed by atoms with Crippen LogP contribution in [0.15, 0.2) is 6.07 Å². The lowest BCUT2D eigenvalue weighted by atomic mass is 9.95. The van der Waals surface area contributed by atoms with Gasteiger partial charge in [-0.2, -0.15) is 9.37 Å². The summed E-state index contributed by atoms with van der Waals surface area (Å²) in [6.45, 7) is 4.61. The fourth-order valence-electron chi connectivity index (χ4n) is 2.22. The van der Waals surface area contributed by atoms with Gasteiger partial charge in [0.25, 0.3) is 5.95 Å². The first kappa shape index (κ1) is 12.2. The van der Waals surface area contributed by atoms with Crippen LogP contribution in [0.1, 0.15) is 26.7 Å². The molecule has 1 aromatic rings. The van der Waals surface area contributed by atoms with Crippen LogP contribution in [0.2, 0.25) is 0 Å². The molecule has 2 rings (SSSR count). The predicted octanol–water partition coefficient (Wildman–Crippen LogP) is 3.12. The van der Waals surface area contributed by atoms with Gasteiger partial charge in [0.15, 0.2) is 17.5 Å². The number of piperidine rings is 1. The fourth-order valence-corrected chi connectivity index (χ4v) is 2.22. The van der Waals surface area contributed by atoms with Crippen molar-refractivity contribution in [2.75, 3.05) is 11.4 Å². The molecule has 2 unspecified atom stereocenters. The Morgan fingerprint density at radius 1 is 1.18 bits per heavy atom. The van der Waals surface area contributed by atoms with Crippen molar-refractivity contribution in [3.8, 4) is 0 Å². The van der Waals surface area contributed by atoms with Crippen molar-refractivity contribution < 1.29 is 13.2 Å². The number of hydrogen-bond donors (Lipinski definition) is 0. The minimum atomic E-state index is -1.25. The Kier molecular flexibility index (Phi) is 3.26. The summed E-state index contributed by atoms with van der Waals surface area (Å²) in [4.78, 5) is 5.10. The lowest BCUT2D eigenvalue weighted by molar-refractivity contribution is 0.378. The van der Waals surface area contributed by atoms with Crippen molar-refractivity contribution in [2.24, 2.45) is 5.92 Å². The van der Waals surface area contributed by atoms with E-state index in [4.69, 9.17) is 0 Å². The highest BCUT2D eigenvalue weighted by atomic mass is 19.2. The van der Waals surface area contributed by atoms with E-state index in [-0.39, 0.29) is 11.9 Å². The van der Waals surface area contributed by atoms with Crippen LogP contribution in [0.5, 0.6) is 0 Å². The van der Waals surface area contributed by atoms with E-state index in [1.807, 2.05) is 6.92 Å². The number of aromatic nitrogens is 1. The Balaban J connectivity index is 2.35. The van der Waals surface area contributed by atoms with E-state index in [1.54, 1.807) is 4.90 Å². The van der Waals surface area contributed by atoms with E-state index in [1.165, 1.54) is 0 Å². The van der Waals surface area contributed by atoms with Crippen LogP contribution in [-0.4, -0.2) is 17.6 Å². The first-order chi connectivity index (χ1) is 7.99. The van der Waals surface area contributed by atoms with Gasteiger partial charge in [0.1, 0.15) is 0 Å². The van der Waals surface area contributed by atoms with Crippen LogP contribution < -0.4 is 4.90 Å². The molecular formula is C12H15F3N2. The average Bonchev–Trinajstić information content (AvgIpc) is 2.27. The van der Waals surface area contributed by atoms with Gasteiger partial charge in [0.2, 0.25) is 0 Å². The Bertz CT molecular complexity index is 422. The third-order valence-corrected chi connectivity index (χ3v) is 3.26. The number of hydrogen-bond acceptors (Lipinski definition) is 2. The van der Waals surface area contributed by atoms with Crippen LogP contribution in [0, 0.1) is 23.5 Å². The van der Waals surface area contributed by atoms with Gasteiger partial charge in [-0.3, -0.25) is 0 Å². The normalized spacial score (nSPS) is 25.1. The zero-order valence-corrected chi connectivity index (χ0v) is 9.88. The largest absolute Gasteiger partial charge is 0.351 e. The van der Waals surface area contributed by atoms with Gasteiger partial charge >= 0.3 is 0 Å². The molecule has 0 bridgehead atoms. The SMILES string of the molecule is CC1CCC(C)N(c2nc(F)c(F)cc2F)C1. The molecule has 2 nitrogen and oxygen atoms in total. The molecule has 0 amide bonds. The summed E-state index contributed by atoms with van der Waals surface area (Å²) in [6.07, 6.45) is 1.96. The topological polar surface area (TPSA) is 16.1 Å². The number of rotatable bonds is 1. The Morgan fingerprint density at radius 2 is 1.88 bits per heavy atom. The highest BCUT2D eigenvalue weighted by Gasteiger charge is 2.27. The first-order valence-corrected chi connectivity index (χ1v) is 5.77. The molecule has 1 fully saturated rings. The van der Waals surface area contributed by atoms with E-state index < -0.39 is 17.6 Å². The molecular weight excluding hydrogens is 229 g/mol. The Labute approximate surface area is 98.5 Å². The maximum atomic E-state index is 13.6. The van der Waals surface area contributed by atoms with E-state index in [0.717, 1.165) is 12.8 Å². The van der Waals surface area contributed by atoms with E-state index in [0.29, 0.717) is 18.5 Å². The zero-order valence-electron chi connectivity index (χ0n) is 9.88. The Hall–Kier alpha value is -1.26. The highest BCUT2D eigenvalue weighted by molar-refractivity contribution is 5.41. The zero-order chi connectivity index (χ0) is 12.6. The van der Waals surface area contributed by atoms with Gasteiger partial charge in [0, 0.05) is 18.7 Å². The maximum Gasteiger partial charge on any atom is 0.251 e. The molecule has 0 radical (unpaired) electrons. The molecule has 5 heteroatoms. The quantitative estimate of drug-likeness (QED) is 0.705. The number of halogens is 3. The molecule has 1 aromatic heterocycles. The van der Waals surface area contributed by atoms with Crippen molar-refractivity contribution in [1.82, 2.24) is 4.98 Å². The van der Waals surface area contributed by atoms with E-state index in [9.17, 15) is 13.2 Å². The smallest absolute Gasteiger partial charge is 0.251 e. The van der Waals surface area contributed by atoms with Crippen LogP contribution >= 0.6 is 0 Å². The molecule has 0 aromatic carbocycles. The van der Waals surface area contributed by atoms with Crippen LogP contribution in [0.25, 0.3) is 0 Å². The Morgan fingerprint density at radius 3 is 2.59 bits per heavy atom. The average molecular weight is 244 g/mol. The molecule has 1 aliphatic heterocycles. The molecule has 1 saturated heterocycles. The van der Waals surface area contributed by atoms with Gasteiger partial charge in [-0.05, 0) is 25.7 Å². The summed E-state index contributed by atoms with van der Waals surface area (Å²) in [7, 11) is 0. The number of nitrogens with zero attached hydrogens (tertiary/aromatic N) is 2. The van der Waals surface area contributed by atoms with Crippen molar-refractivity contribution in [3.05, 3.63) is 23.6 Å². The molecule has 0 N–H and O–H groups in total. The van der Waals surface area contributed by atoms with Gasteiger partial charge < -0.3 is 4.90 Å². The summed E-state index contributed by atoms with van der Waals surface area (Å²) in [6, 6.07) is 0.655. The minimum Gasteiger partial charge on any atom is -0.351 e. The van der Waals surface area contributed by atoms with Crippen molar-refractivity contribution in [1.29, 1.82) is 0 Å². The lowest BCUT2D eigenvalue weighted by Gasteiger charge is -2.37. The molecule has 0 saturated carbocycles. The van der Waals surface area contributed by atoms with Crippen LogP contribution in [0.4, 0.5) is 19.0 Å². The van der Waals surface area contributed by atoms with Crippen molar-refractivity contribution in [3.63, 3.8) is 0 Å². The molecule has 0 aliphatic carbocycles. The van der Waals surface area contributed by atoms with Gasteiger partial charge in [-0.25, -0.2) is 8.78 Å². The second kappa shape index (κ2) is 4.55. The summed E-state index contributed by atoms with van der Waals surface area (Å²) < 4.78 is 39.5. The fraction of sp³-hybridized carbons (Fsp3) is 0.583. The standard InChI is InChI=1S/C12H15F3N2/c1-7-3-4-8(2)17(6-7)12-10(14)5-9(13)11(15)16-12/h5,7-8H,3-4,6H2,1-2H3. The van der Waals surface area contributed by atoms with Gasteiger partial charge in [0.05, 0.1) is 0 Å². The number of pyridine rings is 1. The van der Waals surface area contributed by atoms with Gasteiger partial charge in [-0.15, -0.1) is 0 Å². The second-order valence-electron chi connectivity index (χ2n) is 4.75. The second-order valence-corrected chi connectivity index (χ2v) is 4.75. The molecule has 1 aliphatic rings. The van der Waals surface area contributed by atoms with Gasteiger partial charge in [-0.1, -0.05) is 6.92 Å². The van der Waals surface area contributed by atoms with Crippen molar-refractivity contribution >= 4 is 5.82 Å². The third kappa shape index (κ3) is 2.37.